The second kappa shape index (κ2) is 7.50. The van der Waals surface area contributed by atoms with Crippen LogP contribution in [0.5, 0.6) is 0 Å². The first kappa shape index (κ1) is 15.9. The molecule has 2 aromatic heterocycles. The largest absolute Gasteiger partial charge is 0.379 e. The molecule has 1 fully saturated rings. The molecule has 5 nitrogen and oxygen atoms in total. The van der Waals surface area contributed by atoms with Crippen LogP contribution in [-0.4, -0.2) is 47.1 Å². The van der Waals surface area contributed by atoms with Crippen LogP contribution in [0.2, 0.25) is 0 Å². The van der Waals surface area contributed by atoms with Gasteiger partial charge in [-0.1, -0.05) is 19.9 Å². The van der Waals surface area contributed by atoms with E-state index in [1.807, 2.05) is 11.3 Å². The standard InChI is InChI=1S/C15H22N4OS2/c1-11(2)14-17-15(22-18-14)16-10-12(13-4-3-9-21-13)19-5-7-20-8-6-19/h3-4,9,11-12H,5-8,10H2,1-2H3,(H,16,17,18). The van der Waals surface area contributed by atoms with Gasteiger partial charge >= 0.3 is 0 Å². The van der Waals surface area contributed by atoms with Gasteiger partial charge in [-0.25, -0.2) is 4.98 Å². The smallest absolute Gasteiger partial charge is 0.202 e. The lowest BCUT2D eigenvalue weighted by molar-refractivity contribution is 0.0194. The van der Waals surface area contributed by atoms with Gasteiger partial charge in [-0.15, -0.1) is 11.3 Å². The average Bonchev–Trinajstić information content (AvgIpc) is 3.20. The summed E-state index contributed by atoms with van der Waals surface area (Å²) in [6, 6.07) is 4.71. The van der Waals surface area contributed by atoms with Gasteiger partial charge in [0, 0.05) is 42.0 Å². The van der Waals surface area contributed by atoms with Crippen molar-refractivity contribution < 1.29 is 4.74 Å². The van der Waals surface area contributed by atoms with Crippen LogP contribution in [0.1, 0.15) is 36.5 Å². The maximum absolute atomic E-state index is 5.48. The van der Waals surface area contributed by atoms with E-state index in [0.29, 0.717) is 12.0 Å². The van der Waals surface area contributed by atoms with Crippen molar-refractivity contribution in [3.05, 3.63) is 28.2 Å². The fourth-order valence-corrected chi connectivity index (χ4v) is 4.08. The van der Waals surface area contributed by atoms with Crippen molar-refractivity contribution >= 4 is 28.0 Å². The summed E-state index contributed by atoms with van der Waals surface area (Å²) in [7, 11) is 0. The molecule has 0 spiro atoms. The highest BCUT2D eigenvalue weighted by Gasteiger charge is 2.23. The molecule has 3 rings (SSSR count). The number of hydrogen-bond donors (Lipinski definition) is 1. The van der Waals surface area contributed by atoms with E-state index < -0.39 is 0 Å². The summed E-state index contributed by atoms with van der Waals surface area (Å²) in [4.78, 5) is 8.45. The molecule has 1 atom stereocenters. The van der Waals surface area contributed by atoms with E-state index in [0.717, 1.165) is 43.8 Å². The predicted octanol–water partition coefficient (Wildman–Crippen LogP) is 3.21. The molecule has 0 amide bonds. The van der Waals surface area contributed by atoms with Crippen molar-refractivity contribution in [3.8, 4) is 0 Å². The molecule has 0 aliphatic carbocycles. The van der Waals surface area contributed by atoms with Crippen molar-refractivity contribution in [1.29, 1.82) is 0 Å². The number of ether oxygens (including phenoxy) is 1. The zero-order chi connectivity index (χ0) is 15.4. The molecule has 1 saturated heterocycles. The fourth-order valence-electron chi connectivity index (χ4n) is 2.50. The number of morpholine rings is 1. The van der Waals surface area contributed by atoms with Crippen LogP contribution in [0.15, 0.2) is 17.5 Å². The number of nitrogens with one attached hydrogen (secondary N) is 1. The van der Waals surface area contributed by atoms with Crippen LogP contribution in [0.3, 0.4) is 0 Å². The summed E-state index contributed by atoms with van der Waals surface area (Å²) in [5.74, 6) is 1.30. The molecule has 120 valence electrons. The quantitative estimate of drug-likeness (QED) is 0.876. The summed E-state index contributed by atoms with van der Waals surface area (Å²) < 4.78 is 9.89. The summed E-state index contributed by atoms with van der Waals surface area (Å²) in [6.45, 7) is 8.70. The highest BCUT2D eigenvalue weighted by molar-refractivity contribution is 7.10. The number of rotatable bonds is 6. The lowest BCUT2D eigenvalue weighted by Crippen LogP contribution is -2.41. The Morgan fingerprint density at radius 2 is 2.18 bits per heavy atom. The Hall–Kier alpha value is -1.02. The Morgan fingerprint density at radius 1 is 1.36 bits per heavy atom. The minimum absolute atomic E-state index is 0.371. The molecule has 7 heteroatoms. The van der Waals surface area contributed by atoms with Crippen LogP contribution in [0.4, 0.5) is 5.13 Å². The van der Waals surface area contributed by atoms with Gasteiger partial charge in [0.05, 0.1) is 19.3 Å². The third-order valence-electron chi connectivity index (χ3n) is 3.76. The molecule has 0 radical (unpaired) electrons. The molecule has 1 N–H and O–H groups in total. The van der Waals surface area contributed by atoms with Gasteiger partial charge in [0.15, 0.2) is 0 Å². The highest BCUT2D eigenvalue weighted by atomic mass is 32.1. The Bertz CT molecular complexity index is 564. The van der Waals surface area contributed by atoms with Gasteiger partial charge in [-0.3, -0.25) is 4.90 Å². The zero-order valence-electron chi connectivity index (χ0n) is 13.0. The third-order valence-corrected chi connectivity index (χ3v) is 5.42. The Labute approximate surface area is 139 Å². The lowest BCUT2D eigenvalue weighted by atomic mass is 10.2. The van der Waals surface area contributed by atoms with E-state index in [9.17, 15) is 0 Å². The van der Waals surface area contributed by atoms with Gasteiger partial charge in [0.25, 0.3) is 0 Å². The molecule has 3 heterocycles. The van der Waals surface area contributed by atoms with E-state index in [-0.39, 0.29) is 0 Å². The van der Waals surface area contributed by atoms with Crippen molar-refractivity contribution in [2.45, 2.75) is 25.8 Å². The molecular weight excluding hydrogens is 316 g/mol. The highest BCUT2D eigenvalue weighted by Crippen LogP contribution is 2.27. The van der Waals surface area contributed by atoms with E-state index in [1.54, 1.807) is 0 Å². The number of hydrogen-bond acceptors (Lipinski definition) is 7. The number of thiophene rings is 1. The Balaban J connectivity index is 1.66. The SMILES string of the molecule is CC(C)c1nsc(NCC(c2cccs2)N2CCOCC2)n1. The van der Waals surface area contributed by atoms with Crippen LogP contribution < -0.4 is 5.32 Å². The first-order chi connectivity index (χ1) is 10.7. The fraction of sp³-hybridized carbons (Fsp3) is 0.600. The number of nitrogens with zero attached hydrogens (tertiary/aromatic N) is 3. The predicted molar refractivity (Wildman–Crippen MR) is 91.9 cm³/mol. The molecule has 1 aliphatic rings. The maximum atomic E-state index is 5.48. The molecule has 1 aliphatic heterocycles. The number of aromatic nitrogens is 2. The summed E-state index contributed by atoms with van der Waals surface area (Å²) in [5, 5.41) is 6.53. The van der Waals surface area contributed by atoms with E-state index in [2.05, 4.69) is 50.9 Å². The molecule has 22 heavy (non-hydrogen) atoms. The van der Waals surface area contributed by atoms with Crippen LogP contribution in [-0.2, 0) is 4.74 Å². The average molecular weight is 339 g/mol. The van der Waals surface area contributed by atoms with Gasteiger partial charge in [-0.05, 0) is 11.4 Å². The van der Waals surface area contributed by atoms with E-state index >= 15 is 0 Å². The maximum Gasteiger partial charge on any atom is 0.202 e. The topological polar surface area (TPSA) is 50.3 Å². The minimum atomic E-state index is 0.371. The lowest BCUT2D eigenvalue weighted by Gasteiger charge is -2.34. The van der Waals surface area contributed by atoms with Crippen molar-refractivity contribution in [1.82, 2.24) is 14.3 Å². The number of anilines is 1. The molecule has 1 unspecified atom stereocenters. The third kappa shape index (κ3) is 3.84. The first-order valence-electron chi connectivity index (χ1n) is 7.66. The normalized spacial score (nSPS) is 17.8. The van der Waals surface area contributed by atoms with Crippen molar-refractivity contribution in [3.63, 3.8) is 0 Å². The first-order valence-corrected chi connectivity index (χ1v) is 9.32. The monoisotopic (exact) mass is 338 g/mol. The summed E-state index contributed by atoms with van der Waals surface area (Å²) in [6.07, 6.45) is 0. The zero-order valence-corrected chi connectivity index (χ0v) is 14.6. The van der Waals surface area contributed by atoms with Crippen LogP contribution >= 0.6 is 22.9 Å². The van der Waals surface area contributed by atoms with Gasteiger partial charge in [0.1, 0.15) is 5.82 Å². The van der Waals surface area contributed by atoms with Crippen LogP contribution in [0, 0.1) is 0 Å². The van der Waals surface area contributed by atoms with Gasteiger partial charge < -0.3 is 10.1 Å². The summed E-state index contributed by atoms with van der Waals surface area (Å²) in [5.41, 5.74) is 0. The Kier molecular flexibility index (Phi) is 5.41. The van der Waals surface area contributed by atoms with Gasteiger partial charge in [-0.2, -0.15) is 4.37 Å². The second-order valence-corrected chi connectivity index (χ2v) is 7.40. The minimum Gasteiger partial charge on any atom is -0.379 e. The molecule has 0 saturated carbocycles. The Morgan fingerprint density at radius 3 is 2.82 bits per heavy atom. The summed E-state index contributed by atoms with van der Waals surface area (Å²) >= 11 is 3.27. The molecule has 0 aromatic carbocycles. The van der Waals surface area contributed by atoms with E-state index in [4.69, 9.17) is 4.74 Å². The van der Waals surface area contributed by atoms with Gasteiger partial charge in [0.2, 0.25) is 5.13 Å². The van der Waals surface area contributed by atoms with E-state index in [1.165, 1.54) is 16.4 Å². The van der Waals surface area contributed by atoms with Crippen LogP contribution in [0.25, 0.3) is 0 Å². The molecule has 0 bridgehead atoms. The van der Waals surface area contributed by atoms with Crippen molar-refractivity contribution in [2.75, 3.05) is 38.2 Å². The molecular formula is C15H22N4OS2. The van der Waals surface area contributed by atoms with Crippen molar-refractivity contribution in [2.24, 2.45) is 0 Å². The molecule has 2 aromatic rings. The second-order valence-electron chi connectivity index (χ2n) is 5.67.